The lowest BCUT2D eigenvalue weighted by Crippen LogP contribution is -2.24. The first-order valence-corrected chi connectivity index (χ1v) is 10.4. The largest absolute Gasteiger partial charge is 0.497 e. The predicted molar refractivity (Wildman–Crippen MR) is 114 cm³/mol. The van der Waals surface area contributed by atoms with Crippen molar-refractivity contribution < 1.29 is 17.9 Å². The Morgan fingerprint density at radius 3 is 2.17 bits per heavy atom. The summed E-state index contributed by atoms with van der Waals surface area (Å²) in [5.41, 5.74) is 1.37. The zero-order chi connectivity index (χ0) is 21.3. The average Bonchev–Trinajstić information content (AvgIpc) is 2.70. The van der Waals surface area contributed by atoms with Crippen LogP contribution in [0.3, 0.4) is 0 Å². The molecule has 0 amide bonds. The van der Waals surface area contributed by atoms with Gasteiger partial charge in [-0.25, -0.2) is 0 Å². The Bertz CT molecular complexity index is 741. The van der Waals surface area contributed by atoms with Gasteiger partial charge in [-0.3, -0.25) is 0 Å². The molecular weight excluding hydrogens is 375 g/mol. The van der Waals surface area contributed by atoms with Crippen molar-refractivity contribution in [1.82, 2.24) is 0 Å². The van der Waals surface area contributed by atoms with Gasteiger partial charge in [0.25, 0.3) is 0 Å². The van der Waals surface area contributed by atoms with Gasteiger partial charge in [0.05, 0.1) is 12.7 Å². The van der Waals surface area contributed by atoms with E-state index in [1.54, 1.807) is 19.2 Å². The first-order chi connectivity index (χ1) is 13.8. The molecule has 0 spiro atoms. The first-order valence-electron chi connectivity index (χ1n) is 10.4. The van der Waals surface area contributed by atoms with Gasteiger partial charge in [0.1, 0.15) is 5.75 Å². The van der Waals surface area contributed by atoms with Gasteiger partial charge in [0.2, 0.25) is 0 Å². The monoisotopic (exact) mass is 407 g/mol. The fourth-order valence-electron chi connectivity index (χ4n) is 3.47. The molecule has 0 aliphatic heterocycles. The maximum Gasteiger partial charge on any atom is 0.416 e. The Labute approximate surface area is 172 Å². The van der Waals surface area contributed by atoms with Crippen molar-refractivity contribution in [2.45, 2.75) is 65.1 Å². The van der Waals surface area contributed by atoms with Crippen LogP contribution in [0.15, 0.2) is 42.5 Å². The Balaban J connectivity index is 2.14. The molecule has 0 radical (unpaired) electrons. The maximum absolute atomic E-state index is 13.3. The van der Waals surface area contributed by atoms with E-state index < -0.39 is 11.7 Å². The molecule has 0 saturated heterocycles. The summed E-state index contributed by atoms with van der Waals surface area (Å²) in [5.74, 6) is 0.767. The van der Waals surface area contributed by atoms with Gasteiger partial charge in [-0.15, -0.1) is 0 Å². The van der Waals surface area contributed by atoms with Crippen LogP contribution in [-0.4, -0.2) is 13.7 Å². The minimum Gasteiger partial charge on any atom is -0.497 e. The molecule has 0 aromatic heterocycles. The van der Waals surface area contributed by atoms with Crippen LogP contribution in [0, 0.1) is 6.92 Å². The van der Waals surface area contributed by atoms with Crippen molar-refractivity contribution >= 4 is 5.69 Å². The lowest BCUT2D eigenvalue weighted by Gasteiger charge is -2.26. The van der Waals surface area contributed by atoms with Crippen molar-refractivity contribution in [3.8, 4) is 5.75 Å². The molecule has 2 nitrogen and oxygen atoms in total. The maximum atomic E-state index is 13.3. The van der Waals surface area contributed by atoms with E-state index in [2.05, 4.69) is 11.8 Å². The number of benzene rings is 2. The SMILES string of the molecule is CCCCCCCCN(Cc1ccc(C)c(C(F)(F)F)c1)c1ccc(OC)cc1. The Morgan fingerprint density at radius 1 is 0.897 bits per heavy atom. The van der Waals surface area contributed by atoms with E-state index in [0.29, 0.717) is 12.1 Å². The Hall–Kier alpha value is -2.17. The second kappa shape index (κ2) is 11.1. The molecule has 0 aliphatic rings. The van der Waals surface area contributed by atoms with Crippen LogP contribution in [0.5, 0.6) is 5.75 Å². The number of aryl methyl sites for hydroxylation is 1. The molecule has 0 bridgehead atoms. The molecular formula is C24H32F3NO. The van der Waals surface area contributed by atoms with Gasteiger partial charge >= 0.3 is 6.18 Å². The van der Waals surface area contributed by atoms with Gasteiger partial charge in [0, 0.05) is 18.8 Å². The fourth-order valence-corrected chi connectivity index (χ4v) is 3.47. The van der Waals surface area contributed by atoms with E-state index in [1.165, 1.54) is 38.7 Å². The molecule has 0 aliphatic carbocycles. The highest BCUT2D eigenvalue weighted by Crippen LogP contribution is 2.33. The zero-order valence-corrected chi connectivity index (χ0v) is 17.7. The van der Waals surface area contributed by atoms with Crippen molar-refractivity contribution in [3.05, 3.63) is 59.2 Å². The number of hydrogen-bond donors (Lipinski definition) is 0. The van der Waals surface area contributed by atoms with Crippen LogP contribution in [0.2, 0.25) is 0 Å². The fraction of sp³-hybridized carbons (Fsp3) is 0.500. The number of nitrogens with zero attached hydrogens (tertiary/aromatic N) is 1. The molecule has 0 N–H and O–H groups in total. The Kier molecular flexibility index (Phi) is 8.87. The molecule has 160 valence electrons. The normalized spacial score (nSPS) is 11.5. The molecule has 0 atom stereocenters. The van der Waals surface area contributed by atoms with Gasteiger partial charge in [-0.05, 0) is 54.8 Å². The Morgan fingerprint density at radius 2 is 1.55 bits per heavy atom. The predicted octanol–water partition coefficient (Wildman–Crippen LogP) is 7.39. The summed E-state index contributed by atoms with van der Waals surface area (Å²) in [5, 5.41) is 0. The quantitative estimate of drug-likeness (QED) is 0.360. The highest BCUT2D eigenvalue weighted by atomic mass is 19.4. The van der Waals surface area contributed by atoms with Crippen LogP contribution in [0.1, 0.15) is 62.1 Å². The molecule has 0 fully saturated rings. The van der Waals surface area contributed by atoms with Gasteiger partial charge in [0.15, 0.2) is 0 Å². The van der Waals surface area contributed by atoms with E-state index in [-0.39, 0.29) is 5.56 Å². The van der Waals surface area contributed by atoms with E-state index in [1.807, 2.05) is 24.3 Å². The highest BCUT2D eigenvalue weighted by molar-refractivity contribution is 5.50. The number of ether oxygens (including phenoxy) is 1. The summed E-state index contributed by atoms with van der Waals surface area (Å²) in [7, 11) is 1.62. The minimum absolute atomic E-state index is 0.258. The minimum atomic E-state index is -4.33. The molecule has 2 aromatic rings. The molecule has 5 heteroatoms. The topological polar surface area (TPSA) is 12.5 Å². The van der Waals surface area contributed by atoms with Gasteiger partial charge in [-0.1, -0.05) is 51.2 Å². The van der Waals surface area contributed by atoms with Crippen molar-refractivity contribution in [3.63, 3.8) is 0 Å². The number of halogens is 3. The zero-order valence-electron chi connectivity index (χ0n) is 17.7. The van der Waals surface area contributed by atoms with E-state index in [9.17, 15) is 13.2 Å². The van der Waals surface area contributed by atoms with Crippen molar-refractivity contribution in [2.24, 2.45) is 0 Å². The van der Waals surface area contributed by atoms with Crippen LogP contribution in [0.4, 0.5) is 18.9 Å². The molecule has 29 heavy (non-hydrogen) atoms. The summed E-state index contributed by atoms with van der Waals surface area (Å²) in [6.07, 6.45) is 2.74. The number of alkyl halides is 3. The summed E-state index contributed by atoms with van der Waals surface area (Å²) < 4.78 is 45.1. The first kappa shape index (κ1) is 23.1. The van der Waals surface area contributed by atoms with Crippen molar-refractivity contribution in [2.75, 3.05) is 18.6 Å². The molecule has 2 aromatic carbocycles. The third-order valence-corrected chi connectivity index (χ3v) is 5.20. The lowest BCUT2D eigenvalue weighted by molar-refractivity contribution is -0.138. The molecule has 0 unspecified atom stereocenters. The van der Waals surface area contributed by atoms with Gasteiger partial charge in [-0.2, -0.15) is 13.2 Å². The molecule has 0 heterocycles. The number of anilines is 1. The van der Waals surface area contributed by atoms with E-state index in [4.69, 9.17) is 4.74 Å². The number of rotatable bonds is 11. The summed E-state index contributed by atoms with van der Waals surface area (Å²) >= 11 is 0. The summed E-state index contributed by atoms with van der Waals surface area (Å²) in [6.45, 7) is 4.96. The van der Waals surface area contributed by atoms with E-state index >= 15 is 0 Å². The second-order valence-corrected chi connectivity index (χ2v) is 7.53. The third-order valence-electron chi connectivity index (χ3n) is 5.20. The highest BCUT2D eigenvalue weighted by Gasteiger charge is 2.32. The third kappa shape index (κ3) is 7.30. The molecule has 0 saturated carbocycles. The van der Waals surface area contributed by atoms with Crippen LogP contribution < -0.4 is 9.64 Å². The van der Waals surface area contributed by atoms with Crippen molar-refractivity contribution in [1.29, 1.82) is 0 Å². The average molecular weight is 408 g/mol. The van der Waals surface area contributed by atoms with E-state index in [0.717, 1.165) is 30.8 Å². The molecule has 2 rings (SSSR count). The van der Waals surface area contributed by atoms with Gasteiger partial charge < -0.3 is 9.64 Å². The number of hydrogen-bond acceptors (Lipinski definition) is 2. The lowest BCUT2D eigenvalue weighted by atomic mass is 10.0. The smallest absolute Gasteiger partial charge is 0.416 e. The van der Waals surface area contributed by atoms with Crippen LogP contribution in [-0.2, 0) is 12.7 Å². The summed E-state index contributed by atoms with van der Waals surface area (Å²) in [4.78, 5) is 2.16. The summed E-state index contributed by atoms with van der Waals surface area (Å²) in [6, 6.07) is 12.4. The van der Waals surface area contributed by atoms with Crippen LogP contribution in [0.25, 0.3) is 0 Å². The van der Waals surface area contributed by atoms with Crippen LogP contribution >= 0.6 is 0 Å². The number of unbranched alkanes of at least 4 members (excludes halogenated alkanes) is 5. The number of methoxy groups -OCH3 is 1. The second-order valence-electron chi connectivity index (χ2n) is 7.53. The standard InChI is InChI=1S/C24H32F3NO/c1-4-5-6-7-8-9-16-28(21-12-14-22(29-3)15-13-21)18-20-11-10-19(2)23(17-20)24(25,26)27/h10-15,17H,4-9,16,18H2,1-3H3.